The Morgan fingerprint density at radius 2 is 2.12 bits per heavy atom. The zero-order valence-electron chi connectivity index (χ0n) is 14.5. The van der Waals surface area contributed by atoms with Gasteiger partial charge in [-0.3, -0.25) is 0 Å². The smallest absolute Gasteiger partial charge is 0.264 e. The third-order valence-corrected chi connectivity index (χ3v) is 3.39. The molecule has 0 N–H and O–H groups in total. The molecule has 3 rings (SSSR count). The molecule has 0 fully saturated rings. The van der Waals surface area contributed by atoms with Gasteiger partial charge in [-0.25, -0.2) is 4.68 Å². The lowest BCUT2D eigenvalue weighted by atomic mass is 10.2. The van der Waals surface area contributed by atoms with Crippen molar-refractivity contribution in [3.05, 3.63) is 48.4 Å². The molecule has 0 aliphatic rings. The van der Waals surface area contributed by atoms with Gasteiger partial charge in [0, 0.05) is 12.7 Å². The summed E-state index contributed by atoms with van der Waals surface area (Å²) in [5, 5.41) is 11.7. The van der Waals surface area contributed by atoms with Crippen LogP contribution in [0.5, 0.6) is 5.75 Å². The van der Waals surface area contributed by atoms with E-state index in [1.165, 1.54) is 0 Å². The van der Waals surface area contributed by atoms with Gasteiger partial charge in [-0.2, -0.15) is 4.98 Å². The van der Waals surface area contributed by atoms with Crippen LogP contribution in [0.1, 0.15) is 38.6 Å². The number of hydrogen-bond acceptors (Lipinski definition) is 7. The molecule has 3 aromatic rings. The van der Waals surface area contributed by atoms with Gasteiger partial charge in [0.2, 0.25) is 0 Å². The number of ether oxygens (including phenoxy) is 2. The third kappa shape index (κ3) is 4.63. The molecule has 2 aromatic heterocycles. The number of nitrogens with zero attached hydrogens (tertiary/aromatic N) is 5. The molecule has 1 unspecified atom stereocenters. The van der Waals surface area contributed by atoms with Crippen molar-refractivity contribution < 1.29 is 14.0 Å². The van der Waals surface area contributed by atoms with Crippen LogP contribution in [0.25, 0.3) is 5.69 Å². The Balaban J connectivity index is 1.58. The normalized spacial score (nSPS) is 12.5. The van der Waals surface area contributed by atoms with Gasteiger partial charge in [0.1, 0.15) is 11.9 Å². The molecule has 2 heterocycles. The van der Waals surface area contributed by atoms with Gasteiger partial charge in [-0.1, -0.05) is 30.3 Å². The lowest BCUT2D eigenvalue weighted by molar-refractivity contribution is 0.0402. The summed E-state index contributed by atoms with van der Waals surface area (Å²) in [5.74, 6) is 2.06. The van der Waals surface area contributed by atoms with E-state index in [1.807, 2.05) is 31.2 Å². The van der Waals surface area contributed by atoms with E-state index in [4.69, 9.17) is 14.0 Å². The van der Waals surface area contributed by atoms with Crippen LogP contribution in [-0.4, -0.2) is 31.7 Å². The second kappa shape index (κ2) is 7.89. The molecule has 0 aliphatic carbocycles. The first-order valence-electron chi connectivity index (χ1n) is 8.15. The van der Waals surface area contributed by atoms with E-state index in [2.05, 4.69) is 34.3 Å². The van der Waals surface area contributed by atoms with Gasteiger partial charge in [-0.05, 0) is 25.0 Å². The summed E-state index contributed by atoms with van der Waals surface area (Å²) in [4.78, 5) is 4.32. The first-order chi connectivity index (χ1) is 12.1. The van der Waals surface area contributed by atoms with Gasteiger partial charge < -0.3 is 14.0 Å². The number of benzene rings is 1. The lowest BCUT2D eigenvalue weighted by Crippen LogP contribution is -2.07. The van der Waals surface area contributed by atoms with Crippen molar-refractivity contribution in [2.45, 2.75) is 33.5 Å². The summed E-state index contributed by atoms with van der Waals surface area (Å²) < 4.78 is 18.3. The summed E-state index contributed by atoms with van der Waals surface area (Å²) >= 11 is 0. The summed E-state index contributed by atoms with van der Waals surface area (Å²) in [6, 6.07) is 7.51. The minimum atomic E-state index is -0.212. The fourth-order valence-electron chi connectivity index (χ4n) is 2.11. The topological polar surface area (TPSA) is 88.1 Å². The van der Waals surface area contributed by atoms with Crippen LogP contribution in [0.3, 0.4) is 0 Å². The zero-order chi connectivity index (χ0) is 17.6. The van der Waals surface area contributed by atoms with Crippen LogP contribution in [0, 0.1) is 5.92 Å². The summed E-state index contributed by atoms with van der Waals surface area (Å²) in [6.07, 6.45) is 3.17. The highest BCUT2D eigenvalue weighted by molar-refractivity contribution is 5.38. The van der Waals surface area contributed by atoms with Crippen LogP contribution < -0.4 is 4.74 Å². The summed E-state index contributed by atoms with van der Waals surface area (Å²) in [6.45, 7) is 6.92. The predicted molar refractivity (Wildman–Crippen MR) is 89.2 cm³/mol. The summed E-state index contributed by atoms with van der Waals surface area (Å²) in [5.41, 5.74) is 0.858. The minimum Gasteiger partial charge on any atom is -0.484 e. The third-order valence-electron chi connectivity index (χ3n) is 3.39. The van der Waals surface area contributed by atoms with Crippen LogP contribution >= 0.6 is 0 Å². The maximum atomic E-state index is 5.72. The Morgan fingerprint density at radius 1 is 1.24 bits per heavy atom. The Labute approximate surface area is 145 Å². The molecular weight excluding hydrogens is 322 g/mol. The van der Waals surface area contributed by atoms with E-state index in [1.54, 1.807) is 17.1 Å². The fourth-order valence-corrected chi connectivity index (χ4v) is 2.11. The fraction of sp³-hybridized carbons (Fsp3) is 0.412. The number of rotatable bonds is 8. The standard InChI is InChI=1S/C17H21N5O3/c1-12(2)10-23-13(3)17-19-16(25-20-17)11-24-15-6-4-5-14(9-15)22-8-7-18-21-22/h4-9,12-13H,10-11H2,1-3H3. The lowest BCUT2D eigenvalue weighted by Gasteiger charge is -2.10. The largest absolute Gasteiger partial charge is 0.484 e. The van der Waals surface area contributed by atoms with E-state index in [-0.39, 0.29) is 12.7 Å². The first-order valence-corrected chi connectivity index (χ1v) is 8.15. The second-order valence-corrected chi connectivity index (χ2v) is 6.05. The second-order valence-electron chi connectivity index (χ2n) is 6.05. The molecular formula is C17H21N5O3. The highest BCUT2D eigenvalue weighted by atomic mass is 16.5. The Morgan fingerprint density at radius 3 is 2.88 bits per heavy atom. The van der Waals surface area contributed by atoms with Gasteiger partial charge in [0.05, 0.1) is 18.1 Å². The predicted octanol–water partition coefficient (Wildman–Crippen LogP) is 2.96. The molecule has 25 heavy (non-hydrogen) atoms. The van der Waals surface area contributed by atoms with Crippen molar-refractivity contribution in [3.8, 4) is 11.4 Å². The molecule has 0 radical (unpaired) electrons. The van der Waals surface area contributed by atoms with E-state index in [0.717, 1.165) is 5.69 Å². The SMILES string of the molecule is CC(C)COC(C)c1noc(COc2cccc(-n3ccnn3)c2)n1. The first kappa shape index (κ1) is 17.1. The molecule has 8 heteroatoms. The number of aromatic nitrogens is 5. The Bertz CT molecular complexity index is 785. The minimum absolute atomic E-state index is 0.185. The van der Waals surface area contributed by atoms with E-state index in [9.17, 15) is 0 Å². The molecule has 0 saturated carbocycles. The zero-order valence-corrected chi connectivity index (χ0v) is 14.5. The molecule has 1 atom stereocenters. The average Bonchev–Trinajstić information content (AvgIpc) is 3.30. The monoisotopic (exact) mass is 343 g/mol. The highest BCUT2D eigenvalue weighted by Gasteiger charge is 2.15. The Hall–Kier alpha value is -2.74. The number of hydrogen-bond donors (Lipinski definition) is 0. The highest BCUT2D eigenvalue weighted by Crippen LogP contribution is 2.18. The van der Waals surface area contributed by atoms with Crippen molar-refractivity contribution in [1.82, 2.24) is 25.1 Å². The van der Waals surface area contributed by atoms with Crippen molar-refractivity contribution in [2.24, 2.45) is 5.92 Å². The quantitative estimate of drug-likeness (QED) is 0.621. The van der Waals surface area contributed by atoms with Crippen molar-refractivity contribution in [1.29, 1.82) is 0 Å². The molecule has 0 saturated heterocycles. The molecule has 0 aliphatic heterocycles. The molecule has 0 spiro atoms. The van der Waals surface area contributed by atoms with Gasteiger partial charge in [0.15, 0.2) is 12.4 Å². The van der Waals surface area contributed by atoms with E-state index in [0.29, 0.717) is 30.0 Å². The molecule has 0 amide bonds. The maximum Gasteiger partial charge on any atom is 0.264 e. The van der Waals surface area contributed by atoms with Crippen LogP contribution in [0.15, 0.2) is 41.2 Å². The van der Waals surface area contributed by atoms with Crippen molar-refractivity contribution in [3.63, 3.8) is 0 Å². The maximum absolute atomic E-state index is 5.72. The molecule has 8 nitrogen and oxygen atoms in total. The van der Waals surface area contributed by atoms with Gasteiger partial charge in [0.25, 0.3) is 5.89 Å². The van der Waals surface area contributed by atoms with E-state index >= 15 is 0 Å². The van der Waals surface area contributed by atoms with Gasteiger partial charge in [-0.15, -0.1) is 5.10 Å². The molecule has 1 aromatic carbocycles. The average molecular weight is 343 g/mol. The van der Waals surface area contributed by atoms with Crippen LogP contribution in [0.2, 0.25) is 0 Å². The van der Waals surface area contributed by atoms with Gasteiger partial charge >= 0.3 is 0 Å². The van der Waals surface area contributed by atoms with Crippen molar-refractivity contribution in [2.75, 3.05) is 6.61 Å². The molecule has 132 valence electrons. The molecule has 0 bridgehead atoms. The summed E-state index contributed by atoms with van der Waals surface area (Å²) in [7, 11) is 0. The van der Waals surface area contributed by atoms with Crippen LogP contribution in [-0.2, 0) is 11.3 Å². The van der Waals surface area contributed by atoms with E-state index < -0.39 is 0 Å². The Kier molecular flexibility index (Phi) is 5.39. The van der Waals surface area contributed by atoms with Crippen molar-refractivity contribution >= 4 is 0 Å². The van der Waals surface area contributed by atoms with Crippen LogP contribution in [0.4, 0.5) is 0 Å².